The molecule has 14 heteroatoms. The number of nitrogens with zero attached hydrogens (tertiary/aromatic N) is 2. The molecular weight excluding hydrogens is 635 g/mol. The Morgan fingerprint density at radius 2 is 2.00 bits per heavy atom. The number of anilines is 1. The maximum absolute atomic E-state index is 12.9. The van der Waals surface area contributed by atoms with E-state index in [2.05, 4.69) is 59.8 Å². The van der Waals surface area contributed by atoms with E-state index in [-0.39, 0.29) is 78.7 Å². The van der Waals surface area contributed by atoms with Gasteiger partial charge in [-0.05, 0) is 97.3 Å². The number of fused-ring (bicyclic) bond motifs is 5. The van der Waals surface area contributed by atoms with Crippen LogP contribution in [0.1, 0.15) is 96.6 Å². The Kier molecular flexibility index (Phi) is 13.5. The molecule has 240 valence electrons. The molecule has 3 unspecified atom stereocenters. The minimum atomic E-state index is -4.63. The molecule has 2 aromatic rings. The van der Waals surface area contributed by atoms with Gasteiger partial charge in [-0.25, -0.2) is 14.1 Å². The van der Waals surface area contributed by atoms with Crippen LogP contribution in [-0.4, -0.2) is 40.3 Å². The third-order valence-electron chi connectivity index (χ3n) is 9.75. The number of carbonyl (C=O) groups is 1. The predicted octanol–water partition coefficient (Wildman–Crippen LogP) is 0.931. The van der Waals surface area contributed by atoms with Gasteiger partial charge in [0.1, 0.15) is 12.9 Å². The van der Waals surface area contributed by atoms with Gasteiger partial charge in [0, 0.05) is 22.9 Å². The standard InChI is InChI=1S/C31H44N3O7PS.2Na.2H/c1-18-16-32-29(43-18)33-27(35)10-8-20-14-26(34-39-6)31(5)12-11-21-22(28(20)31)9-7-19-13-25(40-17-41-42(36,37)38)24(15-23(19)21)30(2,3)4;;;;/h13,15-16,20-22,28H,7-12,14,17H2,1-6H3,(H,32,33,35)(H2,36,37,38);;;;/q;2*+1;2*-1/t20-,21?,22?,28?,31-;;;;/m1..../s1. The van der Waals surface area contributed by atoms with E-state index in [4.69, 9.17) is 19.4 Å². The number of oxime groups is 1. The van der Waals surface area contributed by atoms with Crippen LogP contribution in [0, 0.1) is 30.1 Å². The summed E-state index contributed by atoms with van der Waals surface area (Å²) < 4.78 is 21.6. The average Bonchev–Trinajstić information content (AvgIpc) is 3.45. The Balaban J connectivity index is 0.00000276. The van der Waals surface area contributed by atoms with Gasteiger partial charge in [0.15, 0.2) is 11.9 Å². The quantitative estimate of drug-likeness (QED) is 0.154. The summed E-state index contributed by atoms with van der Waals surface area (Å²) in [5.41, 5.74) is 4.36. The number of aryl methyl sites for hydroxylation is 2. The van der Waals surface area contributed by atoms with Gasteiger partial charge in [-0.1, -0.05) is 38.9 Å². The summed E-state index contributed by atoms with van der Waals surface area (Å²) in [6.07, 6.45) is 7.79. The largest absolute Gasteiger partial charge is 1.00 e. The average molecular weight is 682 g/mol. The summed E-state index contributed by atoms with van der Waals surface area (Å²) in [4.78, 5) is 41.8. The number of hydrogen-bond donors (Lipinski definition) is 3. The fourth-order valence-electron chi connectivity index (χ4n) is 7.97. The normalized spacial score (nSPS) is 26.5. The third-order valence-corrected chi connectivity index (χ3v) is 11.0. The van der Waals surface area contributed by atoms with Crippen LogP contribution >= 0.6 is 19.2 Å². The third kappa shape index (κ3) is 8.84. The van der Waals surface area contributed by atoms with Crippen LogP contribution in [0.15, 0.2) is 23.5 Å². The van der Waals surface area contributed by atoms with Crippen molar-refractivity contribution in [3.63, 3.8) is 0 Å². The summed E-state index contributed by atoms with van der Waals surface area (Å²) in [6.45, 7) is 10.1. The monoisotopic (exact) mass is 681 g/mol. The molecular formula is C31H46N3Na2O7PS. The van der Waals surface area contributed by atoms with Crippen LogP contribution in [0.25, 0.3) is 0 Å². The van der Waals surface area contributed by atoms with Crippen LogP contribution in [0.4, 0.5) is 5.13 Å². The Morgan fingerprint density at radius 3 is 2.62 bits per heavy atom. The number of phosphoric ester groups is 1. The maximum Gasteiger partial charge on any atom is 1.00 e. The first-order chi connectivity index (χ1) is 20.2. The van der Waals surface area contributed by atoms with E-state index < -0.39 is 14.6 Å². The van der Waals surface area contributed by atoms with Gasteiger partial charge in [0.2, 0.25) is 5.91 Å². The Labute approximate surface area is 317 Å². The van der Waals surface area contributed by atoms with Crippen molar-refractivity contribution >= 4 is 35.9 Å². The van der Waals surface area contributed by atoms with Crippen molar-refractivity contribution < 1.29 is 95.2 Å². The molecule has 0 radical (unpaired) electrons. The molecule has 45 heavy (non-hydrogen) atoms. The molecule has 2 fully saturated rings. The van der Waals surface area contributed by atoms with Crippen LogP contribution in [0.3, 0.4) is 0 Å². The number of phosphoric acid groups is 1. The van der Waals surface area contributed by atoms with Crippen molar-refractivity contribution in [2.45, 2.75) is 90.9 Å². The first-order valence-electron chi connectivity index (χ1n) is 15.0. The number of hydrogen-bond acceptors (Lipinski definition) is 8. The topological polar surface area (TPSA) is 140 Å². The van der Waals surface area contributed by atoms with Crippen LogP contribution in [0.5, 0.6) is 5.75 Å². The smallest absolute Gasteiger partial charge is 1.00 e. The van der Waals surface area contributed by atoms with E-state index in [1.54, 1.807) is 13.3 Å². The van der Waals surface area contributed by atoms with Crippen LogP contribution < -0.4 is 69.2 Å². The molecule has 0 spiro atoms. The fraction of sp³-hybridized carbons (Fsp3) is 0.645. The Hall–Kier alpha value is -0.300. The molecule has 1 aromatic carbocycles. The first kappa shape index (κ1) is 39.1. The molecule has 3 aliphatic carbocycles. The number of benzene rings is 1. The molecule has 0 bridgehead atoms. The first-order valence-corrected chi connectivity index (χ1v) is 17.4. The van der Waals surface area contributed by atoms with Crippen molar-refractivity contribution in [2.24, 2.45) is 28.3 Å². The van der Waals surface area contributed by atoms with Crippen molar-refractivity contribution in [1.82, 2.24) is 4.98 Å². The Bertz CT molecular complexity index is 1450. The fourth-order valence-corrected chi connectivity index (χ4v) is 8.84. The number of rotatable bonds is 9. The Morgan fingerprint density at radius 1 is 1.27 bits per heavy atom. The van der Waals surface area contributed by atoms with Gasteiger partial charge < -0.3 is 27.5 Å². The number of nitrogens with one attached hydrogen (secondary N) is 1. The van der Waals surface area contributed by atoms with E-state index in [1.165, 1.54) is 22.5 Å². The van der Waals surface area contributed by atoms with Gasteiger partial charge in [-0.15, -0.1) is 11.3 Å². The minimum Gasteiger partial charge on any atom is -1.00 e. The van der Waals surface area contributed by atoms with E-state index in [1.807, 2.05) is 6.92 Å². The molecule has 3 aliphatic rings. The summed E-state index contributed by atoms with van der Waals surface area (Å²) in [5.74, 6) is 2.14. The van der Waals surface area contributed by atoms with E-state index in [0.717, 1.165) is 54.7 Å². The maximum atomic E-state index is 12.9. The predicted molar refractivity (Wildman–Crippen MR) is 169 cm³/mol. The van der Waals surface area contributed by atoms with Gasteiger partial charge >= 0.3 is 66.9 Å². The van der Waals surface area contributed by atoms with E-state index in [0.29, 0.717) is 41.0 Å². The molecule has 10 nitrogen and oxygen atoms in total. The number of amides is 1. The SMILES string of the molecule is CON=C1C[C@@H](CCC(=O)Nc2ncc(C)s2)C2C3CCc4cc(OCOP(=O)(O)O)c(C(C)(C)C)cc4C3CC[C@]12C.[H-].[H-].[Na+].[Na+]. The van der Waals surface area contributed by atoms with E-state index in [9.17, 15) is 9.36 Å². The summed E-state index contributed by atoms with van der Waals surface area (Å²) in [5, 5.41) is 8.16. The molecule has 3 N–H and O–H groups in total. The van der Waals surface area contributed by atoms with Crippen molar-refractivity contribution in [3.8, 4) is 5.75 Å². The second-order valence-electron chi connectivity index (χ2n) is 13.5. The molecule has 1 aromatic heterocycles. The van der Waals surface area contributed by atoms with E-state index >= 15 is 0 Å². The zero-order valence-electron chi connectivity index (χ0n) is 29.9. The van der Waals surface area contributed by atoms with Crippen molar-refractivity contribution in [2.75, 3.05) is 19.2 Å². The number of ether oxygens (including phenoxy) is 1. The second kappa shape index (κ2) is 15.5. The molecule has 0 aliphatic heterocycles. The van der Waals surface area contributed by atoms with Crippen molar-refractivity contribution in [3.05, 3.63) is 39.9 Å². The second-order valence-corrected chi connectivity index (χ2v) is 16.0. The van der Waals surface area contributed by atoms with Crippen molar-refractivity contribution in [1.29, 1.82) is 0 Å². The molecule has 2 saturated carbocycles. The van der Waals surface area contributed by atoms with Crippen LogP contribution in [-0.2, 0) is 30.6 Å². The number of thiazole rings is 1. The van der Waals surface area contributed by atoms with Crippen LogP contribution in [0.2, 0.25) is 0 Å². The summed E-state index contributed by atoms with van der Waals surface area (Å²) >= 11 is 1.49. The number of carbonyl (C=O) groups excluding carboxylic acids is 1. The molecule has 5 atom stereocenters. The van der Waals surface area contributed by atoms with Gasteiger partial charge in [-0.2, -0.15) is 0 Å². The molecule has 1 heterocycles. The molecule has 1 amide bonds. The molecule has 5 rings (SSSR count). The zero-order chi connectivity index (χ0) is 31.2. The summed E-state index contributed by atoms with van der Waals surface area (Å²) in [6, 6.07) is 4.32. The van der Waals surface area contributed by atoms with Gasteiger partial charge in [0.05, 0.1) is 5.71 Å². The minimum absolute atomic E-state index is 0. The summed E-state index contributed by atoms with van der Waals surface area (Å²) in [7, 11) is -3.02. The molecule has 0 saturated heterocycles. The number of aromatic nitrogens is 1. The van der Waals surface area contributed by atoms with Gasteiger partial charge in [-0.3, -0.25) is 4.79 Å². The van der Waals surface area contributed by atoms with Gasteiger partial charge in [0.25, 0.3) is 0 Å². The zero-order valence-corrected chi connectivity index (χ0v) is 33.6.